The summed E-state index contributed by atoms with van der Waals surface area (Å²) in [7, 11) is 0. The van der Waals surface area contributed by atoms with Crippen molar-refractivity contribution >= 4 is 0 Å². The van der Waals surface area contributed by atoms with Crippen LogP contribution in [-0.4, -0.2) is 19.7 Å². The van der Waals surface area contributed by atoms with Crippen LogP contribution in [0.4, 0.5) is 0 Å². The second-order valence-electron chi connectivity index (χ2n) is 4.99. The van der Waals surface area contributed by atoms with Gasteiger partial charge in [0.05, 0.1) is 6.54 Å². The van der Waals surface area contributed by atoms with Gasteiger partial charge in [-0.1, -0.05) is 24.3 Å². The Morgan fingerprint density at radius 2 is 1.90 bits per heavy atom. The molecule has 2 heterocycles. The number of aromatic amines is 1. The van der Waals surface area contributed by atoms with Gasteiger partial charge < -0.3 is 0 Å². The fraction of sp³-hybridized carbons (Fsp3) is 0.188. The first-order chi connectivity index (χ1) is 10.2. The molecule has 5 heteroatoms. The summed E-state index contributed by atoms with van der Waals surface area (Å²) in [5, 5.41) is 6.68. The summed E-state index contributed by atoms with van der Waals surface area (Å²) in [6.07, 6.45) is 4.09. The fourth-order valence-corrected chi connectivity index (χ4v) is 2.29. The second-order valence-corrected chi connectivity index (χ2v) is 4.99. The molecule has 1 N–H and O–H groups in total. The molecule has 3 rings (SSSR count). The normalized spacial score (nSPS) is 10.7. The predicted molar refractivity (Wildman–Crippen MR) is 80.2 cm³/mol. The molecular weight excluding hydrogens is 264 g/mol. The molecule has 0 aliphatic heterocycles. The molecule has 0 saturated heterocycles. The Bertz CT molecular complexity index is 789. The van der Waals surface area contributed by atoms with Crippen molar-refractivity contribution in [2.45, 2.75) is 19.9 Å². The van der Waals surface area contributed by atoms with E-state index in [0.29, 0.717) is 13.0 Å². The number of H-pyrrole nitrogens is 1. The Labute approximate surface area is 122 Å². The van der Waals surface area contributed by atoms with Crippen molar-refractivity contribution in [3.8, 4) is 0 Å². The molecule has 0 fully saturated rings. The molecule has 5 nitrogen and oxygen atoms in total. The van der Waals surface area contributed by atoms with Crippen molar-refractivity contribution in [2.75, 3.05) is 0 Å². The number of pyridine rings is 1. The lowest BCUT2D eigenvalue weighted by atomic mass is 10.1. The zero-order chi connectivity index (χ0) is 14.7. The molecule has 0 amide bonds. The van der Waals surface area contributed by atoms with Gasteiger partial charge in [-0.15, -0.1) is 0 Å². The largest absolute Gasteiger partial charge is 0.343 e. The minimum atomic E-state index is -0.178. The Hall–Kier alpha value is -2.69. The van der Waals surface area contributed by atoms with E-state index in [1.54, 1.807) is 17.0 Å². The van der Waals surface area contributed by atoms with Gasteiger partial charge in [-0.2, -0.15) is 5.10 Å². The molecule has 21 heavy (non-hydrogen) atoms. The van der Waals surface area contributed by atoms with Gasteiger partial charge in [0.1, 0.15) is 5.82 Å². The monoisotopic (exact) mass is 280 g/mol. The number of benzene rings is 1. The molecule has 106 valence electrons. The van der Waals surface area contributed by atoms with Crippen molar-refractivity contribution in [1.29, 1.82) is 0 Å². The van der Waals surface area contributed by atoms with E-state index in [1.807, 2.05) is 43.3 Å². The van der Waals surface area contributed by atoms with Crippen molar-refractivity contribution in [2.24, 2.45) is 0 Å². The molecule has 0 atom stereocenters. The highest BCUT2D eigenvalue weighted by Gasteiger charge is 2.10. The van der Waals surface area contributed by atoms with Gasteiger partial charge in [0.25, 0.3) is 0 Å². The summed E-state index contributed by atoms with van der Waals surface area (Å²) < 4.78 is 1.68. The first-order valence-corrected chi connectivity index (χ1v) is 6.81. The predicted octanol–water partition coefficient (Wildman–Crippen LogP) is 1.91. The number of hydrogen-bond acceptors (Lipinski definition) is 3. The Balaban J connectivity index is 1.91. The zero-order valence-electron chi connectivity index (χ0n) is 11.8. The molecule has 0 unspecified atom stereocenters. The van der Waals surface area contributed by atoms with E-state index in [0.717, 1.165) is 17.0 Å². The van der Waals surface area contributed by atoms with Crippen LogP contribution in [0.2, 0.25) is 0 Å². The minimum absolute atomic E-state index is 0.178. The minimum Gasteiger partial charge on any atom is -0.274 e. The molecule has 0 bridgehead atoms. The summed E-state index contributed by atoms with van der Waals surface area (Å²) in [5.41, 5.74) is 3.19. The molecule has 0 radical (unpaired) electrons. The highest BCUT2D eigenvalue weighted by atomic mass is 16.1. The van der Waals surface area contributed by atoms with Gasteiger partial charge in [-0.05, 0) is 35.7 Å². The third-order valence-corrected chi connectivity index (χ3v) is 3.54. The van der Waals surface area contributed by atoms with E-state index >= 15 is 0 Å². The third kappa shape index (κ3) is 2.91. The van der Waals surface area contributed by atoms with Crippen LogP contribution in [-0.2, 0) is 13.0 Å². The molecule has 0 aliphatic rings. The highest BCUT2D eigenvalue weighted by Crippen LogP contribution is 2.10. The molecule has 0 saturated carbocycles. The van der Waals surface area contributed by atoms with Crippen LogP contribution in [0.5, 0.6) is 0 Å². The summed E-state index contributed by atoms with van der Waals surface area (Å²) in [6, 6.07) is 11.9. The first-order valence-electron chi connectivity index (χ1n) is 6.81. The lowest BCUT2D eigenvalue weighted by Gasteiger charge is -2.08. The van der Waals surface area contributed by atoms with Crippen LogP contribution in [0.3, 0.4) is 0 Å². The van der Waals surface area contributed by atoms with Crippen LogP contribution in [0, 0.1) is 6.92 Å². The number of rotatable bonds is 4. The highest BCUT2D eigenvalue weighted by molar-refractivity contribution is 5.26. The molecule has 0 aliphatic carbocycles. The van der Waals surface area contributed by atoms with Crippen molar-refractivity contribution in [1.82, 2.24) is 19.7 Å². The van der Waals surface area contributed by atoms with Crippen LogP contribution in [0.1, 0.15) is 22.5 Å². The van der Waals surface area contributed by atoms with Gasteiger partial charge in [0.15, 0.2) is 0 Å². The number of aromatic nitrogens is 4. The van der Waals surface area contributed by atoms with Crippen LogP contribution < -0.4 is 5.69 Å². The van der Waals surface area contributed by atoms with E-state index in [-0.39, 0.29) is 5.69 Å². The Morgan fingerprint density at radius 1 is 1.14 bits per heavy atom. The van der Waals surface area contributed by atoms with Crippen molar-refractivity contribution in [3.05, 3.63) is 81.8 Å². The maximum Gasteiger partial charge on any atom is 0.343 e. The Kier molecular flexibility index (Phi) is 3.64. The average molecular weight is 280 g/mol. The fourth-order valence-electron chi connectivity index (χ4n) is 2.29. The Morgan fingerprint density at radius 3 is 2.67 bits per heavy atom. The molecule has 1 aromatic carbocycles. The summed E-state index contributed by atoms with van der Waals surface area (Å²) in [6.45, 7) is 2.57. The SMILES string of the molecule is Cc1ccccc1Cn1c(Cc2ccncc2)n[nH]c1=O. The van der Waals surface area contributed by atoms with E-state index < -0.39 is 0 Å². The number of nitrogens with zero attached hydrogens (tertiary/aromatic N) is 3. The van der Waals surface area contributed by atoms with Gasteiger partial charge >= 0.3 is 5.69 Å². The second kappa shape index (κ2) is 5.75. The van der Waals surface area contributed by atoms with Gasteiger partial charge in [0.2, 0.25) is 0 Å². The van der Waals surface area contributed by atoms with Gasteiger partial charge in [-0.25, -0.2) is 9.89 Å². The number of hydrogen-bond donors (Lipinski definition) is 1. The maximum atomic E-state index is 12.0. The standard InChI is InChI=1S/C16H16N4O/c1-12-4-2-3-5-14(12)11-20-15(18-19-16(20)21)10-13-6-8-17-9-7-13/h2-9H,10-11H2,1H3,(H,19,21). The van der Waals surface area contributed by atoms with E-state index in [9.17, 15) is 4.79 Å². The van der Waals surface area contributed by atoms with E-state index in [4.69, 9.17) is 0 Å². The van der Waals surface area contributed by atoms with Gasteiger partial charge in [0, 0.05) is 18.8 Å². The van der Waals surface area contributed by atoms with Crippen LogP contribution in [0.15, 0.2) is 53.6 Å². The van der Waals surface area contributed by atoms with Crippen LogP contribution >= 0.6 is 0 Å². The maximum absolute atomic E-state index is 12.0. The summed E-state index contributed by atoms with van der Waals surface area (Å²) in [5.74, 6) is 0.731. The lowest BCUT2D eigenvalue weighted by Crippen LogP contribution is -2.20. The molecule has 3 aromatic rings. The number of nitrogens with one attached hydrogen (secondary N) is 1. The first kappa shape index (κ1) is 13.3. The lowest BCUT2D eigenvalue weighted by molar-refractivity contribution is 0.714. The smallest absolute Gasteiger partial charge is 0.274 e. The summed E-state index contributed by atoms with van der Waals surface area (Å²) >= 11 is 0. The van der Waals surface area contributed by atoms with Crippen LogP contribution in [0.25, 0.3) is 0 Å². The average Bonchev–Trinajstić information content (AvgIpc) is 2.84. The topological polar surface area (TPSA) is 63.6 Å². The number of aryl methyl sites for hydroxylation is 1. The zero-order valence-corrected chi connectivity index (χ0v) is 11.8. The molecule has 0 spiro atoms. The molecular formula is C16H16N4O. The third-order valence-electron chi connectivity index (χ3n) is 3.54. The van der Waals surface area contributed by atoms with E-state index in [1.165, 1.54) is 5.56 Å². The molecule has 2 aromatic heterocycles. The van der Waals surface area contributed by atoms with Gasteiger partial charge in [-0.3, -0.25) is 9.55 Å². The quantitative estimate of drug-likeness (QED) is 0.794. The summed E-state index contributed by atoms with van der Waals surface area (Å²) in [4.78, 5) is 16.0. The van der Waals surface area contributed by atoms with Crippen molar-refractivity contribution in [3.63, 3.8) is 0 Å². The van der Waals surface area contributed by atoms with Crippen molar-refractivity contribution < 1.29 is 0 Å². The van der Waals surface area contributed by atoms with E-state index in [2.05, 4.69) is 15.2 Å².